The first-order valence-electron chi connectivity index (χ1n) is 9.82. The molecular weight excluding hydrogens is 408 g/mol. The average molecular weight is 428 g/mol. The Morgan fingerprint density at radius 2 is 1.72 bits per heavy atom. The Labute approximate surface area is 183 Å². The van der Waals surface area contributed by atoms with Crippen molar-refractivity contribution in [1.82, 2.24) is 0 Å². The van der Waals surface area contributed by atoms with Gasteiger partial charge in [-0.15, -0.1) is 0 Å². The Hall–Kier alpha value is -4.46. The highest BCUT2D eigenvalue weighted by molar-refractivity contribution is 6.18. The smallest absolute Gasteiger partial charge is 0.335 e. The lowest BCUT2D eigenvalue weighted by Gasteiger charge is -2.10. The summed E-state index contributed by atoms with van der Waals surface area (Å²) in [7, 11) is 0. The predicted molar refractivity (Wildman–Crippen MR) is 123 cm³/mol. The van der Waals surface area contributed by atoms with Gasteiger partial charge in [-0.05, 0) is 67.1 Å². The minimum atomic E-state index is -1.06. The zero-order valence-electron chi connectivity index (χ0n) is 17.1. The van der Waals surface area contributed by atoms with Crippen molar-refractivity contribution in [2.24, 2.45) is 4.99 Å². The zero-order chi connectivity index (χ0) is 22.8. The van der Waals surface area contributed by atoms with E-state index in [-0.39, 0.29) is 17.4 Å². The van der Waals surface area contributed by atoms with Gasteiger partial charge in [0.25, 0.3) is 5.91 Å². The summed E-state index contributed by atoms with van der Waals surface area (Å²) in [6.45, 7) is 1.71. The molecule has 32 heavy (non-hydrogen) atoms. The summed E-state index contributed by atoms with van der Waals surface area (Å²) in [6, 6.07) is 18.1. The van der Waals surface area contributed by atoms with Crippen LogP contribution in [0.4, 0.5) is 22.7 Å². The molecule has 1 unspecified atom stereocenters. The van der Waals surface area contributed by atoms with Gasteiger partial charge in [0, 0.05) is 17.0 Å². The number of carboxylic acid groups (broad SMARTS) is 1. The van der Waals surface area contributed by atoms with Crippen molar-refractivity contribution >= 4 is 46.2 Å². The Balaban J connectivity index is 1.54. The molecule has 3 aromatic rings. The second kappa shape index (κ2) is 8.35. The summed E-state index contributed by atoms with van der Waals surface area (Å²) in [5.74, 6) is -2.32. The maximum atomic E-state index is 12.5. The van der Waals surface area contributed by atoms with Gasteiger partial charge in [0.05, 0.1) is 22.6 Å². The van der Waals surface area contributed by atoms with E-state index in [0.29, 0.717) is 39.6 Å². The van der Waals surface area contributed by atoms with E-state index < -0.39 is 11.9 Å². The summed E-state index contributed by atoms with van der Waals surface area (Å²) in [4.78, 5) is 40.8. The summed E-state index contributed by atoms with van der Waals surface area (Å²) in [5, 5.41) is 14.8. The van der Waals surface area contributed by atoms with Gasteiger partial charge >= 0.3 is 5.97 Å². The van der Waals surface area contributed by atoms with E-state index in [1.54, 1.807) is 61.5 Å². The highest BCUT2D eigenvalue weighted by Crippen LogP contribution is 2.35. The number of carboxylic acids is 1. The summed E-state index contributed by atoms with van der Waals surface area (Å²) < 4.78 is 0. The van der Waals surface area contributed by atoms with Crippen LogP contribution >= 0.6 is 0 Å². The van der Waals surface area contributed by atoms with Gasteiger partial charge in [0.1, 0.15) is 5.92 Å². The predicted octanol–water partition coefficient (Wildman–Crippen LogP) is 4.05. The number of nitrogens with one attached hydrogen (secondary N) is 2. The van der Waals surface area contributed by atoms with Crippen molar-refractivity contribution in [1.29, 1.82) is 0 Å². The fraction of sp³-hybridized carbons (Fsp3) is 0.0833. The van der Waals surface area contributed by atoms with Gasteiger partial charge in [-0.2, -0.15) is 0 Å². The van der Waals surface area contributed by atoms with Crippen molar-refractivity contribution in [3.8, 4) is 0 Å². The molecule has 160 valence electrons. The summed E-state index contributed by atoms with van der Waals surface area (Å²) in [5.41, 5.74) is 9.62. The standard InChI is InChI=1S/C24H20N4O4/c1-13(21-17-12-15(24(31)32)8-11-19(17)27-23(21)30)26-16-9-6-14(7-10-16)22(29)28-20-5-3-2-4-18(20)25/h2-12,21H,25H2,1H3,(H,27,30)(H,28,29)(H,31,32). The van der Waals surface area contributed by atoms with Gasteiger partial charge < -0.3 is 21.5 Å². The van der Waals surface area contributed by atoms with E-state index in [1.165, 1.54) is 12.1 Å². The summed E-state index contributed by atoms with van der Waals surface area (Å²) in [6.07, 6.45) is 0. The summed E-state index contributed by atoms with van der Waals surface area (Å²) >= 11 is 0. The Morgan fingerprint density at radius 3 is 2.41 bits per heavy atom. The number of rotatable bonds is 5. The van der Waals surface area contributed by atoms with E-state index >= 15 is 0 Å². The van der Waals surface area contributed by atoms with Crippen LogP contribution in [0.2, 0.25) is 0 Å². The number of hydrogen-bond acceptors (Lipinski definition) is 5. The molecule has 4 rings (SSSR count). The van der Waals surface area contributed by atoms with Gasteiger partial charge in [-0.25, -0.2) is 4.79 Å². The first-order chi connectivity index (χ1) is 15.3. The van der Waals surface area contributed by atoms with Crippen LogP contribution in [0.5, 0.6) is 0 Å². The molecule has 1 aliphatic rings. The SMILES string of the molecule is CC(=Nc1ccc(C(=O)Nc2ccccc2N)cc1)C1C(=O)Nc2ccc(C(=O)O)cc21. The molecule has 0 spiro atoms. The molecule has 1 atom stereocenters. The molecule has 3 aromatic carbocycles. The third kappa shape index (κ3) is 4.06. The highest BCUT2D eigenvalue weighted by atomic mass is 16.4. The van der Waals surface area contributed by atoms with Crippen LogP contribution in [0.3, 0.4) is 0 Å². The topological polar surface area (TPSA) is 134 Å². The van der Waals surface area contributed by atoms with Crippen LogP contribution in [0.25, 0.3) is 0 Å². The molecule has 1 aliphatic heterocycles. The molecule has 0 radical (unpaired) electrons. The first-order valence-corrected chi connectivity index (χ1v) is 9.82. The molecule has 0 bridgehead atoms. The number of para-hydroxylation sites is 2. The number of aromatic carboxylic acids is 1. The fourth-order valence-electron chi connectivity index (χ4n) is 3.57. The van der Waals surface area contributed by atoms with Crippen molar-refractivity contribution in [2.75, 3.05) is 16.4 Å². The van der Waals surface area contributed by atoms with Gasteiger partial charge in [0.2, 0.25) is 5.91 Å². The monoisotopic (exact) mass is 428 g/mol. The minimum absolute atomic E-state index is 0.104. The van der Waals surface area contributed by atoms with Crippen LogP contribution in [-0.2, 0) is 4.79 Å². The van der Waals surface area contributed by atoms with Crippen LogP contribution in [0.15, 0.2) is 71.7 Å². The third-order valence-electron chi connectivity index (χ3n) is 5.19. The lowest BCUT2D eigenvalue weighted by atomic mass is 9.94. The highest BCUT2D eigenvalue weighted by Gasteiger charge is 2.33. The number of amides is 2. The second-order valence-electron chi connectivity index (χ2n) is 7.37. The number of nitrogens with two attached hydrogens (primary N) is 1. The zero-order valence-corrected chi connectivity index (χ0v) is 17.1. The maximum Gasteiger partial charge on any atom is 0.335 e. The molecule has 2 amide bonds. The molecule has 0 fully saturated rings. The number of carbonyl (C=O) groups excluding carboxylic acids is 2. The molecule has 5 N–H and O–H groups in total. The number of hydrogen-bond donors (Lipinski definition) is 4. The maximum absolute atomic E-state index is 12.5. The van der Waals surface area contributed by atoms with Crippen molar-refractivity contribution in [3.63, 3.8) is 0 Å². The molecular formula is C24H20N4O4. The number of anilines is 3. The number of benzene rings is 3. The Morgan fingerprint density at radius 1 is 1.03 bits per heavy atom. The van der Waals surface area contributed by atoms with E-state index in [9.17, 15) is 19.5 Å². The number of carbonyl (C=O) groups is 3. The molecule has 0 saturated carbocycles. The van der Waals surface area contributed by atoms with Crippen LogP contribution in [0, 0.1) is 0 Å². The molecule has 0 aromatic heterocycles. The number of nitrogen functional groups attached to an aromatic ring is 1. The van der Waals surface area contributed by atoms with E-state index in [2.05, 4.69) is 15.6 Å². The number of nitrogens with zero attached hydrogens (tertiary/aromatic N) is 1. The van der Waals surface area contributed by atoms with Crippen molar-refractivity contribution in [3.05, 3.63) is 83.4 Å². The Kier molecular flexibility index (Phi) is 5.43. The number of aliphatic imine (C=N–C) groups is 1. The molecule has 1 heterocycles. The van der Waals surface area contributed by atoms with Crippen LogP contribution < -0.4 is 16.4 Å². The van der Waals surface area contributed by atoms with Crippen molar-refractivity contribution in [2.45, 2.75) is 12.8 Å². The molecule has 0 saturated heterocycles. The minimum Gasteiger partial charge on any atom is -0.478 e. The fourth-order valence-corrected chi connectivity index (χ4v) is 3.57. The molecule has 8 heteroatoms. The normalized spacial score (nSPS) is 15.1. The quantitative estimate of drug-likeness (QED) is 0.359. The van der Waals surface area contributed by atoms with E-state index in [0.717, 1.165) is 0 Å². The van der Waals surface area contributed by atoms with Crippen LogP contribution in [-0.4, -0.2) is 28.6 Å². The van der Waals surface area contributed by atoms with Gasteiger partial charge in [-0.1, -0.05) is 12.1 Å². The first kappa shape index (κ1) is 20.8. The Bertz CT molecular complexity index is 1270. The third-order valence-corrected chi connectivity index (χ3v) is 5.19. The van der Waals surface area contributed by atoms with E-state index in [4.69, 9.17) is 5.73 Å². The van der Waals surface area contributed by atoms with E-state index in [1.807, 2.05) is 0 Å². The molecule has 0 aliphatic carbocycles. The lowest BCUT2D eigenvalue weighted by Crippen LogP contribution is -2.18. The number of fused-ring (bicyclic) bond motifs is 1. The molecule has 8 nitrogen and oxygen atoms in total. The second-order valence-corrected chi connectivity index (χ2v) is 7.37. The lowest BCUT2D eigenvalue weighted by molar-refractivity contribution is -0.115. The van der Waals surface area contributed by atoms with Gasteiger partial charge in [-0.3, -0.25) is 14.6 Å². The van der Waals surface area contributed by atoms with Crippen LogP contribution in [0.1, 0.15) is 39.1 Å². The van der Waals surface area contributed by atoms with Crippen molar-refractivity contribution < 1.29 is 19.5 Å². The largest absolute Gasteiger partial charge is 0.478 e. The van der Waals surface area contributed by atoms with Gasteiger partial charge in [0.15, 0.2) is 0 Å². The average Bonchev–Trinajstić information content (AvgIpc) is 3.10.